The Morgan fingerprint density at radius 2 is 2.14 bits per heavy atom. The monoisotopic (exact) mass is 413 g/mol. The lowest BCUT2D eigenvalue weighted by atomic mass is 10.1. The zero-order chi connectivity index (χ0) is 19.6. The number of carbonyl (C=O) groups excluding carboxylic acids is 1. The maximum atomic E-state index is 13.5. The van der Waals surface area contributed by atoms with E-state index >= 15 is 0 Å². The molecule has 9 heteroatoms. The number of hydrogen-bond donors (Lipinski definition) is 1. The minimum absolute atomic E-state index is 0. The molecule has 28 heavy (non-hydrogen) atoms. The van der Waals surface area contributed by atoms with E-state index in [0.29, 0.717) is 5.56 Å². The van der Waals surface area contributed by atoms with Crippen molar-refractivity contribution >= 4 is 18.3 Å². The van der Waals surface area contributed by atoms with Crippen molar-refractivity contribution in [2.45, 2.75) is 19.0 Å². The van der Waals surface area contributed by atoms with Gasteiger partial charge in [0.25, 0.3) is 0 Å². The van der Waals surface area contributed by atoms with Gasteiger partial charge in [0.2, 0.25) is 5.91 Å². The van der Waals surface area contributed by atoms with Gasteiger partial charge in [-0.05, 0) is 24.6 Å². The molecule has 1 aliphatic heterocycles. The maximum Gasteiger partial charge on any atom is 0.237 e. The number of imidazole rings is 1. The second-order valence-corrected chi connectivity index (χ2v) is 6.94. The lowest BCUT2D eigenvalue weighted by molar-refractivity contribution is -0.134. The summed E-state index contributed by atoms with van der Waals surface area (Å²) >= 11 is 0. The van der Waals surface area contributed by atoms with Crippen LogP contribution in [0.4, 0.5) is 8.78 Å². The number of hydrogen-bond acceptors (Lipinski definition) is 4. The standard InChI is InChI=1S/C19H25F2N5O.ClH/c1-13(14-4-5-15(20)16(21)10-14)25(3)18(27)12-26-9-6-22-11-17(26)19-23-7-8-24(19)2;/h4-5,7-8,10,13,17,22H,6,9,11-12H2,1-3H3;1H. The highest BCUT2D eigenvalue weighted by Gasteiger charge is 2.30. The highest BCUT2D eigenvalue weighted by Crippen LogP contribution is 2.23. The van der Waals surface area contributed by atoms with Crippen LogP contribution in [0.1, 0.15) is 30.4 Å². The van der Waals surface area contributed by atoms with Gasteiger partial charge in [0.05, 0.1) is 18.6 Å². The Balaban J connectivity index is 0.00000280. The Labute approximate surface area is 169 Å². The van der Waals surface area contributed by atoms with E-state index < -0.39 is 11.6 Å². The third kappa shape index (κ3) is 4.68. The van der Waals surface area contributed by atoms with E-state index in [1.54, 1.807) is 25.1 Å². The fourth-order valence-corrected chi connectivity index (χ4v) is 3.39. The fraction of sp³-hybridized carbons (Fsp3) is 0.474. The molecular formula is C19H26ClF2N5O. The molecule has 1 aromatic heterocycles. The SMILES string of the molecule is CC(c1ccc(F)c(F)c1)N(C)C(=O)CN1CCNCC1c1nccn1C.Cl. The van der Waals surface area contributed by atoms with Crippen molar-refractivity contribution in [2.75, 3.05) is 33.2 Å². The molecule has 0 aliphatic carbocycles. The molecule has 0 bridgehead atoms. The van der Waals surface area contributed by atoms with Gasteiger partial charge in [-0.3, -0.25) is 9.69 Å². The molecule has 0 radical (unpaired) electrons. The van der Waals surface area contributed by atoms with E-state index in [1.165, 1.54) is 6.07 Å². The van der Waals surface area contributed by atoms with Crippen LogP contribution in [0.15, 0.2) is 30.6 Å². The second kappa shape index (κ2) is 9.45. The van der Waals surface area contributed by atoms with Crippen molar-refractivity contribution in [1.29, 1.82) is 0 Å². The minimum atomic E-state index is -0.905. The number of benzene rings is 1. The van der Waals surface area contributed by atoms with Crippen LogP contribution in [0.3, 0.4) is 0 Å². The molecule has 1 amide bonds. The van der Waals surface area contributed by atoms with Crippen molar-refractivity contribution in [3.8, 4) is 0 Å². The van der Waals surface area contributed by atoms with Crippen molar-refractivity contribution in [3.63, 3.8) is 0 Å². The molecule has 1 aliphatic rings. The van der Waals surface area contributed by atoms with E-state index in [2.05, 4.69) is 15.2 Å². The predicted molar refractivity (Wildman–Crippen MR) is 105 cm³/mol. The van der Waals surface area contributed by atoms with Gasteiger partial charge < -0.3 is 14.8 Å². The summed E-state index contributed by atoms with van der Waals surface area (Å²) in [6.07, 6.45) is 3.64. The molecular weight excluding hydrogens is 388 g/mol. The van der Waals surface area contributed by atoms with Crippen molar-refractivity contribution in [2.24, 2.45) is 7.05 Å². The van der Waals surface area contributed by atoms with Gasteiger partial charge in [0, 0.05) is 46.1 Å². The fourth-order valence-electron chi connectivity index (χ4n) is 3.39. The van der Waals surface area contributed by atoms with Crippen LogP contribution < -0.4 is 5.32 Å². The lowest BCUT2D eigenvalue weighted by Gasteiger charge is -2.36. The topological polar surface area (TPSA) is 53.4 Å². The number of rotatable bonds is 5. The summed E-state index contributed by atoms with van der Waals surface area (Å²) in [6.45, 7) is 4.30. The first-order valence-electron chi connectivity index (χ1n) is 9.01. The molecule has 1 fully saturated rings. The number of nitrogens with one attached hydrogen (secondary N) is 1. The Morgan fingerprint density at radius 3 is 2.79 bits per heavy atom. The first-order chi connectivity index (χ1) is 12.9. The largest absolute Gasteiger partial charge is 0.338 e. The average Bonchev–Trinajstić information content (AvgIpc) is 3.09. The summed E-state index contributed by atoms with van der Waals surface area (Å²) in [7, 11) is 3.63. The molecule has 2 heterocycles. The normalized spacial score (nSPS) is 18.4. The van der Waals surface area contributed by atoms with Crippen LogP contribution in [0.2, 0.25) is 0 Å². The van der Waals surface area contributed by atoms with Gasteiger partial charge >= 0.3 is 0 Å². The molecule has 6 nitrogen and oxygen atoms in total. The molecule has 2 atom stereocenters. The van der Waals surface area contributed by atoms with Gasteiger partial charge in [-0.15, -0.1) is 12.4 Å². The summed E-state index contributed by atoms with van der Waals surface area (Å²) in [5.41, 5.74) is 0.561. The second-order valence-electron chi connectivity index (χ2n) is 6.94. The van der Waals surface area contributed by atoms with Gasteiger partial charge in [-0.25, -0.2) is 13.8 Å². The van der Waals surface area contributed by atoms with Crippen LogP contribution in [0, 0.1) is 11.6 Å². The number of amides is 1. The van der Waals surface area contributed by atoms with Crippen LogP contribution >= 0.6 is 12.4 Å². The Bertz CT molecular complexity index is 815. The molecule has 1 saturated heterocycles. The van der Waals surface area contributed by atoms with Crippen molar-refractivity contribution in [3.05, 3.63) is 53.6 Å². The number of aromatic nitrogens is 2. The van der Waals surface area contributed by atoms with Crippen LogP contribution in [-0.4, -0.2) is 58.5 Å². The number of nitrogens with zero attached hydrogens (tertiary/aromatic N) is 4. The summed E-state index contributed by atoms with van der Waals surface area (Å²) in [5.74, 6) is -0.963. The first kappa shape index (κ1) is 22.3. The summed E-state index contributed by atoms with van der Waals surface area (Å²) < 4.78 is 28.6. The van der Waals surface area contributed by atoms with Gasteiger partial charge in [0.15, 0.2) is 11.6 Å². The van der Waals surface area contributed by atoms with Crippen LogP contribution in [0.5, 0.6) is 0 Å². The predicted octanol–water partition coefficient (Wildman–Crippen LogP) is 2.29. The molecule has 3 rings (SSSR count). The molecule has 1 aromatic carbocycles. The smallest absolute Gasteiger partial charge is 0.237 e. The van der Waals surface area contributed by atoms with Crippen LogP contribution in [-0.2, 0) is 11.8 Å². The molecule has 154 valence electrons. The van der Waals surface area contributed by atoms with Crippen molar-refractivity contribution < 1.29 is 13.6 Å². The van der Waals surface area contributed by atoms with Gasteiger partial charge in [0.1, 0.15) is 5.82 Å². The zero-order valence-electron chi connectivity index (χ0n) is 16.2. The van der Waals surface area contributed by atoms with Gasteiger partial charge in [-0.1, -0.05) is 6.07 Å². The van der Waals surface area contributed by atoms with E-state index in [1.807, 2.05) is 17.8 Å². The van der Waals surface area contributed by atoms with E-state index in [9.17, 15) is 13.6 Å². The summed E-state index contributed by atoms with van der Waals surface area (Å²) in [4.78, 5) is 20.9. The zero-order valence-corrected chi connectivity index (χ0v) is 17.0. The number of piperazine rings is 1. The van der Waals surface area contributed by atoms with E-state index in [4.69, 9.17) is 0 Å². The van der Waals surface area contributed by atoms with E-state index in [0.717, 1.165) is 37.6 Å². The molecule has 0 saturated carbocycles. The summed E-state index contributed by atoms with van der Waals surface area (Å²) in [5, 5.41) is 3.35. The van der Waals surface area contributed by atoms with E-state index in [-0.39, 0.29) is 36.9 Å². The Kier molecular flexibility index (Phi) is 7.51. The number of carbonyl (C=O) groups is 1. The number of halogens is 3. The third-order valence-electron chi connectivity index (χ3n) is 5.25. The number of likely N-dealkylation sites (N-methyl/N-ethyl adjacent to an activating group) is 1. The molecule has 2 aromatic rings. The molecule has 2 unspecified atom stereocenters. The van der Waals surface area contributed by atoms with Crippen LogP contribution in [0.25, 0.3) is 0 Å². The quantitative estimate of drug-likeness (QED) is 0.817. The molecule has 0 spiro atoms. The number of aryl methyl sites for hydroxylation is 1. The third-order valence-corrected chi connectivity index (χ3v) is 5.25. The first-order valence-corrected chi connectivity index (χ1v) is 9.01. The highest BCUT2D eigenvalue weighted by molar-refractivity contribution is 5.85. The van der Waals surface area contributed by atoms with Crippen molar-refractivity contribution in [1.82, 2.24) is 24.7 Å². The Hall–Kier alpha value is -2.03. The summed E-state index contributed by atoms with van der Waals surface area (Å²) in [6, 6.07) is 3.39. The minimum Gasteiger partial charge on any atom is -0.338 e. The average molecular weight is 414 g/mol. The molecule has 1 N–H and O–H groups in total. The Morgan fingerprint density at radius 1 is 1.39 bits per heavy atom. The maximum absolute atomic E-state index is 13.5. The lowest BCUT2D eigenvalue weighted by Crippen LogP contribution is -2.50. The van der Waals surface area contributed by atoms with Gasteiger partial charge in [-0.2, -0.15) is 0 Å². The highest BCUT2D eigenvalue weighted by atomic mass is 35.5.